The van der Waals surface area contributed by atoms with Gasteiger partial charge >= 0.3 is 0 Å². The SMILES string of the molecule is O=C(NC1CC1)[C@H]1O[C@H](CCN2CCN(c3ccccc3)CC2)CC[C@@H]1O. The predicted molar refractivity (Wildman–Crippen MR) is 105 cm³/mol. The fourth-order valence-electron chi connectivity index (χ4n) is 4.03. The number of benzene rings is 1. The molecule has 0 unspecified atom stereocenters. The van der Waals surface area contributed by atoms with Crippen LogP contribution in [0.15, 0.2) is 30.3 Å². The van der Waals surface area contributed by atoms with Crippen molar-refractivity contribution in [2.45, 2.75) is 56.5 Å². The molecule has 1 saturated carbocycles. The lowest BCUT2D eigenvalue weighted by atomic mass is 9.98. The van der Waals surface area contributed by atoms with Crippen LogP contribution in [0.1, 0.15) is 32.1 Å². The van der Waals surface area contributed by atoms with Crippen molar-refractivity contribution in [2.75, 3.05) is 37.6 Å². The van der Waals surface area contributed by atoms with Crippen LogP contribution in [0.25, 0.3) is 0 Å². The van der Waals surface area contributed by atoms with E-state index in [1.54, 1.807) is 0 Å². The van der Waals surface area contributed by atoms with Crippen molar-refractivity contribution in [2.24, 2.45) is 0 Å². The van der Waals surface area contributed by atoms with E-state index in [4.69, 9.17) is 4.74 Å². The molecule has 1 aromatic rings. The molecule has 2 N–H and O–H groups in total. The largest absolute Gasteiger partial charge is 0.390 e. The van der Waals surface area contributed by atoms with Crippen molar-refractivity contribution in [3.05, 3.63) is 30.3 Å². The first-order valence-electron chi connectivity index (χ1n) is 10.4. The van der Waals surface area contributed by atoms with Crippen molar-refractivity contribution in [3.8, 4) is 0 Å². The van der Waals surface area contributed by atoms with Crippen molar-refractivity contribution >= 4 is 11.6 Å². The normalized spacial score (nSPS) is 29.5. The van der Waals surface area contributed by atoms with Crippen LogP contribution in [0.5, 0.6) is 0 Å². The lowest BCUT2D eigenvalue weighted by molar-refractivity contribution is -0.158. The molecule has 4 rings (SSSR count). The number of anilines is 1. The van der Waals surface area contributed by atoms with Gasteiger partial charge in [-0.3, -0.25) is 9.69 Å². The molecule has 0 bridgehead atoms. The third-order valence-electron chi connectivity index (χ3n) is 5.92. The summed E-state index contributed by atoms with van der Waals surface area (Å²) < 4.78 is 5.97. The van der Waals surface area contributed by atoms with Crippen LogP contribution in [0.3, 0.4) is 0 Å². The molecule has 0 aromatic heterocycles. The van der Waals surface area contributed by atoms with Crippen LogP contribution in [0.4, 0.5) is 5.69 Å². The molecular weight excluding hydrogens is 342 g/mol. The van der Waals surface area contributed by atoms with Gasteiger partial charge in [-0.05, 0) is 44.2 Å². The minimum absolute atomic E-state index is 0.0653. The number of carbonyl (C=O) groups excluding carboxylic acids is 1. The molecule has 2 aliphatic heterocycles. The first-order chi connectivity index (χ1) is 13.2. The van der Waals surface area contributed by atoms with Crippen LogP contribution in [-0.4, -0.2) is 73.0 Å². The molecule has 1 amide bonds. The highest BCUT2D eigenvalue weighted by atomic mass is 16.5. The first kappa shape index (κ1) is 18.7. The molecule has 3 aliphatic rings. The second kappa shape index (κ2) is 8.59. The molecule has 0 spiro atoms. The lowest BCUT2D eigenvalue weighted by Gasteiger charge is -2.38. The molecular formula is C21H31N3O3. The van der Waals surface area contributed by atoms with Crippen molar-refractivity contribution in [1.29, 1.82) is 0 Å². The number of rotatable bonds is 6. The number of para-hydroxylation sites is 1. The molecule has 1 aromatic carbocycles. The number of piperazine rings is 1. The Bertz CT molecular complexity index is 614. The zero-order valence-corrected chi connectivity index (χ0v) is 15.9. The van der Waals surface area contributed by atoms with E-state index in [0.29, 0.717) is 12.5 Å². The van der Waals surface area contributed by atoms with E-state index in [1.165, 1.54) is 5.69 Å². The third-order valence-corrected chi connectivity index (χ3v) is 5.92. The van der Waals surface area contributed by atoms with E-state index in [2.05, 4.69) is 45.4 Å². The van der Waals surface area contributed by atoms with Gasteiger partial charge in [-0.25, -0.2) is 0 Å². The van der Waals surface area contributed by atoms with Crippen LogP contribution < -0.4 is 10.2 Å². The van der Waals surface area contributed by atoms with E-state index in [-0.39, 0.29) is 12.0 Å². The summed E-state index contributed by atoms with van der Waals surface area (Å²) in [6.07, 6.45) is 3.20. The van der Waals surface area contributed by atoms with Crippen molar-refractivity contribution in [1.82, 2.24) is 10.2 Å². The Kier molecular flexibility index (Phi) is 5.95. The predicted octanol–water partition coefficient (Wildman–Crippen LogP) is 1.39. The molecule has 0 radical (unpaired) electrons. The zero-order valence-electron chi connectivity index (χ0n) is 15.9. The number of aliphatic hydroxyl groups is 1. The molecule has 3 atom stereocenters. The Balaban J connectivity index is 1.20. The number of amides is 1. The summed E-state index contributed by atoms with van der Waals surface area (Å²) in [4.78, 5) is 17.2. The summed E-state index contributed by atoms with van der Waals surface area (Å²) in [6.45, 7) is 5.17. The van der Waals surface area contributed by atoms with Gasteiger partial charge in [0.25, 0.3) is 5.91 Å². The lowest BCUT2D eigenvalue weighted by Crippen LogP contribution is -2.50. The van der Waals surface area contributed by atoms with Crippen LogP contribution >= 0.6 is 0 Å². The summed E-state index contributed by atoms with van der Waals surface area (Å²) in [7, 11) is 0. The van der Waals surface area contributed by atoms with Gasteiger partial charge in [0.05, 0.1) is 12.2 Å². The summed E-state index contributed by atoms with van der Waals surface area (Å²) >= 11 is 0. The Labute approximate surface area is 161 Å². The van der Waals surface area contributed by atoms with Crippen molar-refractivity contribution < 1.29 is 14.6 Å². The van der Waals surface area contributed by atoms with E-state index < -0.39 is 12.2 Å². The van der Waals surface area contributed by atoms with E-state index >= 15 is 0 Å². The molecule has 2 heterocycles. The van der Waals surface area contributed by atoms with E-state index in [9.17, 15) is 9.90 Å². The van der Waals surface area contributed by atoms with Crippen LogP contribution in [0.2, 0.25) is 0 Å². The van der Waals surface area contributed by atoms with Gasteiger partial charge in [-0.15, -0.1) is 0 Å². The van der Waals surface area contributed by atoms with Gasteiger partial charge in [0.15, 0.2) is 6.10 Å². The number of hydrogen-bond acceptors (Lipinski definition) is 5. The van der Waals surface area contributed by atoms with Crippen molar-refractivity contribution in [3.63, 3.8) is 0 Å². The minimum atomic E-state index is -0.695. The van der Waals surface area contributed by atoms with Gasteiger partial charge in [-0.2, -0.15) is 0 Å². The summed E-state index contributed by atoms with van der Waals surface area (Å²) in [5, 5.41) is 13.1. The molecule has 2 saturated heterocycles. The Hall–Kier alpha value is -1.63. The first-order valence-corrected chi connectivity index (χ1v) is 10.4. The van der Waals surface area contributed by atoms with Crippen LogP contribution in [-0.2, 0) is 9.53 Å². The standard InChI is InChI=1S/C21H31N3O3/c25-19-9-8-18(27-20(19)21(26)22-16-6-7-16)10-11-23-12-14-24(15-13-23)17-4-2-1-3-5-17/h1-5,16,18-20,25H,6-15H2,(H,22,26)/t18-,19-,20-/m0/s1. The highest BCUT2D eigenvalue weighted by molar-refractivity contribution is 5.82. The number of aliphatic hydroxyl groups excluding tert-OH is 1. The average molecular weight is 373 g/mol. The summed E-state index contributed by atoms with van der Waals surface area (Å²) in [6, 6.07) is 10.9. The average Bonchev–Trinajstić information content (AvgIpc) is 3.52. The summed E-state index contributed by atoms with van der Waals surface area (Å²) in [5.41, 5.74) is 1.30. The van der Waals surface area contributed by atoms with E-state index in [1.807, 2.05) is 0 Å². The molecule has 6 nitrogen and oxygen atoms in total. The van der Waals surface area contributed by atoms with Gasteiger partial charge < -0.3 is 20.1 Å². The number of nitrogens with zero attached hydrogens (tertiary/aromatic N) is 2. The molecule has 1 aliphatic carbocycles. The molecule has 148 valence electrons. The highest BCUT2D eigenvalue weighted by Gasteiger charge is 2.37. The maximum Gasteiger partial charge on any atom is 0.252 e. The van der Waals surface area contributed by atoms with Crippen LogP contribution in [0, 0.1) is 0 Å². The fraction of sp³-hybridized carbons (Fsp3) is 0.667. The minimum Gasteiger partial charge on any atom is -0.390 e. The third kappa shape index (κ3) is 5.00. The van der Waals surface area contributed by atoms with Gasteiger partial charge in [-0.1, -0.05) is 18.2 Å². The Morgan fingerprint density at radius 3 is 2.52 bits per heavy atom. The van der Waals surface area contributed by atoms with E-state index in [0.717, 1.165) is 58.4 Å². The molecule has 27 heavy (non-hydrogen) atoms. The second-order valence-corrected chi connectivity index (χ2v) is 8.06. The summed E-state index contributed by atoms with van der Waals surface area (Å²) in [5.74, 6) is -0.133. The molecule has 3 fully saturated rings. The number of carbonyl (C=O) groups is 1. The quantitative estimate of drug-likeness (QED) is 0.789. The second-order valence-electron chi connectivity index (χ2n) is 8.06. The van der Waals surface area contributed by atoms with Gasteiger partial charge in [0.1, 0.15) is 0 Å². The van der Waals surface area contributed by atoms with Gasteiger partial charge in [0.2, 0.25) is 0 Å². The topological polar surface area (TPSA) is 65.0 Å². The highest BCUT2D eigenvalue weighted by Crippen LogP contribution is 2.25. The molecule has 6 heteroatoms. The fourth-order valence-corrected chi connectivity index (χ4v) is 4.03. The monoisotopic (exact) mass is 373 g/mol. The maximum atomic E-state index is 12.3. The van der Waals surface area contributed by atoms with Gasteiger partial charge in [0, 0.05) is 44.5 Å². The Morgan fingerprint density at radius 1 is 1.07 bits per heavy atom. The smallest absolute Gasteiger partial charge is 0.252 e. The maximum absolute atomic E-state index is 12.3. The Morgan fingerprint density at radius 2 is 1.81 bits per heavy atom. The number of ether oxygens (including phenoxy) is 1. The number of hydrogen-bond donors (Lipinski definition) is 2. The zero-order chi connectivity index (χ0) is 18.6. The number of nitrogens with one attached hydrogen (secondary N) is 1.